The zero-order chi connectivity index (χ0) is 14.1. The minimum absolute atomic E-state index is 0.135. The monoisotopic (exact) mass is 270 g/mol. The quantitative estimate of drug-likeness (QED) is 0.801. The maximum Gasteiger partial charge on any atom is 0.178 e. The Hall–Kier alpha value is -1.94. The summed E-state index contributed by atoms with van der Waals surface area (Å²) in [6.07, 6.45) is 3.05. The van der Waals surface area contributed by atoms with E-state index in [1.807, 2.05) is 42.1 Å². The maximum absolute atomic E-state index is 12.5. The van der Waals surface area contributed by atoms with Crippen LogP contribution in [0, 0.1) is 0 Å². The summed E-state index contributed by atoms with van der Waals surface area (Å²) >= 11 is 0. The van der Waals surface area contributed by atoms with E-state index >= 15 is 0 Å². The number of para-hydroxylation sites is 1. The molecule has 4 heteroatoms. The summed E-state index contributed by atoms with van der Waals surface area (Å²) in [4.78, 5) is 25.8. The molecule has 1 aliphatic rings. The number of hydrogen-bond donors (Lipinski definition) is 0. The molecule has 0 unspecified atom stereocenters. The van der Waals surface area contributed by atoms with Gasteiger partial charge in [-0.25, -0.2) is 0 Å². The predicted octanol–water partition coefficient (Wildman–Crippen LogP) is 2.03. The van der Waals surface area contributed by atoms with Gasteiger partial charge >= 0.3 is 0 Å². The highest BCUT2D eigenvalue weighted by atomic mass is 16.1. The van der Waals surface area contributed by atoms with Crippen molar-refractivity contribution in [3.8, 4) is 0 Å². The number of aryl methyl sites for hydroxylation is 1. The molecular weight excluding hydrogens is 252 g/mol. The molecule has 0 amide bonds. The molecule has 4 nitrogen and oxygen atoms in total. The van der Waals surface area contributed by atoms with E-state index in [0.29, 0.717) is 38.3 Å². The van der Waals surface area contributed by atoms with Crippen molar-refractivity contribution in [2.24, 2.45) is 7.05 Å². The molecule has 0 N–H and O–H groups in total. The highest BCUT2D eigenvalue weighted by Crippen LogP contribution is 2.21. The number of carbonyl (C=O) groups excluding carboxylic acids is 2. The third-order valence-corrected chi connectivity index (χ3v) is 3.98. The molecule has 1 aromatic heterocycles. The van der Waals surface area contributed by atoms with Crippen LogP contribution >= 0.6 is 0 Å². The van der Waals surface area contributed by atoms with E-state index in [4.69, 9.17) is 0 Å². The first-order valence-electron chi connectivity index (χ1n) is 6.96. The van der Waals surface area contributed by atoms with E-state index in [1.54, 1.807) is 0 Å². The summed E-state index contributed by atoms with van der Waals surface area (Å²) < 4.78 is 1.99. The highest BCUT2D eigenvalue weighted by Gasteiger charge is 2.20. The molecule has 3 rings (SSSR count). The van der Waals surface area contributed by atoms with E-state index in [0.717, 1.165) is 16.5 Å². The lowest BCUT2D eigenvalue weighted by Gasteiger charge is -2.24. The third-order valence-electron chi connectivity index (χ3n) is 3.98. The number of likely N-dealkylation sites (tertiary alicyclic amines) is 1. The number of rotatable bonds is 3. The second-order valence-electron chi connectivity index (χ2n) is 5.41. The fraction of sp³-hybridized carbons (Fsp3) is 0.375. The van der Waals surface area contributed by atoms with Crippen molar-refractivity contribution >= 4 is 22.5 Å². The SMILES string of the molecule is Cn1cc(C(=O)CN2CCC(=O)CC2)c2ccccc21. The number of hydrogen-bond acceptors (Lipinski definition) is 3. The molecule has 0 radical (unpaired) electrons. The summed E-state index contributed by atoms with van der Waals surface area (Å²) in [6, 6.07) is 7.94. The Balaban J connectivity index is 1.81. The Morgan fingerprint density at radius 3 is 2.65 bits per heavy atom. The Bertz CT molecular complexity index is 662. The maximum atomic E-state index is 12.5. The van der Waals surface area contributed by atoms with Gasteiger partial charge in [-0.3, -0.25) is 14.5 Å². The van der Waals surface area contributed by atoms with Crippen LogP contribution in [-0.2, 0) is 11.8 Å². The van der Waals surface area contributed by atoms with Gasteiger partial charge in [0.25, 0.3) is 0 Å². The summed E-state index contributed by atoms with van der Waals surface area (Å²) in [7, 11) is 1.96. The number of Topliss-reactive ketones (excluding diaryl/α,β-unsaturated/α-hetero) is 2. The second-order valence-corrected chi connectivity index (χ2v) is 5.41. The number of nitrogens with zero attached hydrogens (tertiary/aromatic N) is 2. The molecule has 1 aliphatic heterocycles. The zero-order valence-electron chi connectivity index (χ0n) is 11.6. The molecule has 2 heterocycles. The van der Waals surface area contributed by atoms with Gasteiger partial charge < -0.3 is 4.57 Å². The molecule has 0 bridgehead atoms. The number of benzene rings is 1. The van der Waals surface area contributed by atoms with Gasteiger partial charge in [0.05, 0.1) is 6.54 Å². The van der Waals surface area contributed by atoms with Crippen molar-refractivity contribution in [2.75, 3.05) is 19.6 Å². The fourth-order valence-corrected chi connectivity index (χ4v) is 2.81. The van der Waals surface area contributed by atoms with Crippen LogP contribution in [0.3, 0.4) is 0 Å². The van der Waals surface area contributed by atoms with Crippen molar-refractivity contribution in [1.82, 2.24) is 9.47 Å². The van der Waals surface area contributed by atoms with Crippen LogP contribution in [0.15, 0.2) is 30.5 Å². The highest BCUT2D eigenvalue weighted by molar-refractivity contribution is 6.09. The minimum atomic E-state index is 0.135. The number of aromatic nitrogens is 1. The molecule has 104 valence electrons. The molecule has 0 atom stereocenters. The third kappa shape index (κ3) is 2.39. The van der Waals surface area contributed by atoms with E-state index in [2.05, 4.69) is 4.90 Å². The van der Waals surface area contributed by atoms with Gasteiger partial charge in [-0.15, -0.1) is 0 Å². The Labute approximate surface area is 118 Å². The first-order chi connectivity index (χ1) is 9.65. The van der Waals surface area contributed by atoms with Gasteiger partial charge in [0.2, 0.25) is 0 Å². The largest absolute Gasteiger partial charge is 0.350 e. The first kappa shape index (κ1) is 13.1. The number of ketones is 2. The average Bonchev–Trinajstić information content (AvgIpc) is 2.79. The standard InChI is InChI=1S/C16H18N2O2/c1-17-10-14(13-4-2-3-5-15(13)17)16(20)11-18-8-6-12(19)7-9-18/h2-5,10H,6-9,11H2,1H3. The molecule has 0 spiro atoms. The summed E-state index contributed by atoms with van der Waals surface area (Å²) in [5.41, 5.74) is 1.85. The topological polar surface area (TPSA) is 42.3 Å². The van der Waals surface area contributed by atoms with Gasteiger partial charge in [-0.05, 0) is 6.07 Å². The van der Waals surface area contributed by atoms with Crippen molar-refractivity contribution in [3.63, 3.8) is 0 Å². The predicted molar refractivity (Wildman–Crippen MR) is 77.9 cm³/mol. The fourth-order valence-electron chi connectivity index (χ4n) is 2.81. The van der Waals surface area contributed by atoms with Crippen molar-refractivity contribution in [2.45, 2.75) is 12.8 Å². The number of fused-ring (bicyclic) bond motifs is 1. The van der Waals surface area contributed by atoms with E-state index in [9.17, 15) is 9.59 Å². The van der Waals surface area contributed by atoms with Crippen LogP contribution in [0.4, 0.5) is 0 Å². The van der Waals surface area contributed by atoms with Gasteiger partial charge in [0, 0.05) is 55.6 Å². The molecular formula is C16H18N2O2. The smallest absolute Gasteiger partial charge is 0.178 e. The van der Waals surface area contributed by atoms with Crippen LogP contribution in [0.25, 0.3) is 10.9 Å². The van der Waals surface area contributed by atoms with Gasteiger partial charge in [-0.1, -0.05) is 18.2 Å². The molecule has 0 aliphatic carbocycles. The normalized spacial score (nSPS) is 16.8. The summed E-state index contributed by atoms with van der Waals surface area (Å²) in [5, 5.41) is 1.01. The second kappa shape index (κ2) is 5.21. The molecule has 1 aromatic carbocycles. The Kier molecular flexibility index (Phi) is 3.40. The lowest BCUT2D eigenvalue weighted by molar-refractivity contribution is -0.121. The molecule has 1 fully saturated rings. The zero-order valence-corrected chi connectivity index (χ0v) is 11.6. The lowest BCUT2D eigenvalue weighted by Crippen LogP contribution is -2.37. The van der Waals surface area contributed by atoms with E-state index < -0.39 is 0 Å². The van der Waals surface area contributed by atoms with E-state index in [-0.39, 0.29) is 5.78 Å². The Morgan fingerprint density at radius 1 is 1.20 bits per heavy atom. The van der Waals surface area contributed by atoms with Crippen LogP contribution in [-0.4, -0.2) is 40.7 Å². The van der Waals surface area contributed by atoms with Crippen LogP contribution < -0.4 is 0 Å². The number of carbonyl (C=O) groups is 2. The lowest BCUT2D eigenvalue weighted by atomic mass is 10.1. The van der Waals surface area contributed by atoms with Crippen molar-refractivity contribution < 1.29 is 9.59 Å². The van der Waals surface area contributed by atoms with Crippen LogP contribution in [0.5, 0.6) is 0 Å². The molecule has 0 saturated carbocycles. The van der Waals surface area contributed by atoms with Gasteiger partial charge in [0.15, 0.2) is 5.78 Å². The molecule has 1 saturated heterocycles. The average molecular weight is 270 g/mol. The minimum Gasteiger partial charge on any atom is -0.350 e. The molecule has 2 aromatic rings. The summed E-state index contributed by atoms with van der Waals surface area (Å²) in [6.45, 7) is 1.81. The van der Waals surface area contributed by atoms with Crippen LogP contribution in [0.1, 0.15) is 23.2 Å². The molecule has 20 heavy (non-hydrogen) atoms. The van der Waals surface area contributed by atoms with E-state index in [1.165, 1.54) is 0 Å². The van der Waals surface area contributed by atoms with Crippen molar-refractivity contribution in [1.29, 1.82) is 0 Å². The first-order valence-corrected chi connectivity index (χ1v) is 6.96. The van der Waals surface area contributed by atoms with Crippen molar-refractivity contribution in [3.05, 3.63) is 36.0 Å². The summed E-state index contributed by atoms with van der Waals surface area (Å²) in [5.74, 6) is 0.440. The number of piperidine rings is 1. The van der Waals surface area contributed by atoms with Gasteiger partial charge in [0.1, 0.15) is 5.78 Å². The van der Waals surface area contributed by atoms with Crippen LogP contribution in [0.2, 0.25) is 0 Å². The Morgan fingerprint density at radius 2 is 1.90 bits per heavy atom. The van der Waals surface area contributed by atoms with Gasteiger partial charge in [-0.2, -0.15) is 0 Å².